The number of hydrogen-bond donors (Lipinski definition) is 1. The van der Waals surface area contributed by atoms with Crippen molar-refractivity contribution >= 4 is 45.5 Å². The van der Waals surface area contributed by atoms with E-state index in [1.54, 1.807) is 26.3 Å². The number of nitrogens with one attached hydrogen (secondary N) is 1. The second-order valence-corrected chi connectivity index (χ2v) is 9.47. The molecule has 0 radical (unpaired) electrons. The summed E-state index contributed by atoms with van der Waals surface area (Å²) < 4.78 is 5.39. The lowest BCUT2D eigenvalue weighted by Gasteiger charge is -2.33. The molecule has 0 amide bonds. The Labute approximate surface area is 215 Å². The van der Waals surface area contributed by atoms with Crippen molar-refractivity contribution in [2.75, 3.05) is 50.6 Å². The van der Waals surface area contributed by atoms with E-state index in [9.17, 15) is 4.79 Å². The van der Waals surface area contributed by atoms with Crippen LogP contribution in [0.5, 0.6) is 5.75 Å². The molecular formula is C28H28ClN5O2. The van der Waals surface area contributed by atoms with Crippen LogP contribution in [0.2, 0.25) is 5.02 Å². The summed E-state index contributed by atoms with van der Waals surface area (Å²) in [6, 6.07) is 15.6. The summed E-state index contributed by atoms with van der Waals surface area (Å²) >= 11 is 6.32. The molecule has 5 rings (SSSR count). The van der Waals surface area contributed by atoms with Gasteiger partial charge < -0.3 is 19.9 Å². The van der Waals surface area contributed by atoms with Gasteiger partial charge in [0, 0.05) is 42.8 Å². The third-order valence-corrected chi connectivity index (χ3v) is 6.75. The molecule has 1 fully saturated rings. The molecule has 0 spiro atoms. The van der Waals surface area contributed by atoms with Crippen LogP contribution in [0.4, 0.5) is 17.2 Å². The maximum absolute atomic E-state index is 12.5. The highest BCUT2D eigenvalue weighted by Gasteiger charge is 2.17. The van der Waals surface area contributed by atoms with Crippen LogP contribution in [0.15, 0.2) is 60.9 Å². The van der Waals surface area contributed by atoms with Gasteiger partial charge in [0.1, 0.15) is 11.6 Å². The number of anilines is 3. The smallest absolute Gasteiger partial charge is 0.163 e. The Kier molecular flexibility index (Phi) is 6.76. The first-order chi connectivity index (χ1) is 17.4. The Bertz CT molecular complexity index is 1420. The normalized spacial score (nSPS) is 14.2. The van der Waals surface area contributed by atoms with Crippen molar-refractivity contribution < 1.29 is 9.53 Å². The Morgan fingerprint density at radius 2 is 1.78 bits per heavy atom. The van der Waals surface area contributed by atoms with Gasteiger partial charge in [0.2, 0.25) is 0 Å². The van der Waals surface area contributed by atoms with Crippen molar-refractivity contribution in [2.45, 2.75) is 6.92 Å². The lowest BCUT2D eigenvalue weighted by atomic mass is 10.00. The van der Waals surface area contributed by atoms with Crippen LogP contribution in [0.3, 0.4) is 0 Å². The number of ether oxygens (including phenoxy) is 1. The quantitative estimate of drug-likeness (QED) is 0.342. The number of Topliss-reactive ketones (excluding diaryl/α,β-unsaturated/α-hetero) is 1. The number of piperazine rings is 1. The Morgan fingerprint density at radius 1 is 0.972 bits per heavy atom. The second-order valence-electron chi connectivity index (χ2n) is 9.04. The molecule has 1 aliphatic heterocycles. The number of ketones is 1. The van der Waals surface area contributed by atoms with E-state index < -0.39 is 0 Å². The highest BCUT2D eigenvalue weighted by atomic mass is 35.5. The third kappa shape index (κ3) is 4.98. The minimum atomic E-state index is -0.0660. The molecule has 0 aliphatic carbocycles. The summed E-state index contributed by atoms with van der Waals surface area (Å²) in [5, 5.41) is 4.87. The van der Waals surface area contributed by atoms with Crippen LogP contribution in [0.1, 0.15) is 17.3 Å². The molecule has 8 heteroatoms. The molecule has 1 N–H and O–H groups in total. The van der Waals surface area contributed by atoms with E-state index in [2.05, 4.69) is 32.1 Å². The van der Waals surface area contributed by atoms with Crippen molar-refractivity contribution in [1.82, 2.24) is 14.9 Å². The van der Waals surface area contributed by atoms with E-state index in [1.807, 2.05) is 48.7 Å². The molecule has 3 heterocycles. The zero-order valence-corrected chi connectivity index (χ0v) is 21.3. The summed E-state index contributed by atoms with van der Waals surface area (Å²) in [7, 11) is 3.75. The van der Waals surface area contributed by atoms with Crippen molar-refractivity contribution in [3.63, 3.8) is 0 Å². The molecule has 4 aromatic rings. The molecular weight excluding hydrogens is 474 g/mol. The number of benzene rings is 2. The minimum Gasteiger partial charge on any atom is -0.497 e. The average Bonchev–Trinajstić information content (AvgIpc) is 2.89. The van der Waals surface area contributed by atoms with Gasteiger partial charge in [-0.2, -0.15) is 0 Å². The number of rotatable bonds is 6. The Balaban J connectivity index is 1.52. The standard InChI is InChI=1S/C28H28ClN5O2/c1-18(35)25-17-30-26-6-4-19(20-12-21(29)15-23(13-20)36-3)14-24(26)28(25)32-22-5-7-27(31-16-22)34-10-8-33(2)9-11-34/h4-7,12-17H,8-11H2,1-3H3,(H,30,32). The van der Waals surface area contributed by atoms with Gasteiger partial charge in [0.25, 0.3) is 0 Å². The first kappa shape index (κ1) is 24.0. The summed E-state index contributed by atoms with van der Waals surface area (Å²) in [5.74, 6) is 1.57. The summed E-state index contributed by atoms with van der Waals surface area (Å²) in [6.07, 6.45) is 3.44. The van der Waals surface area contributed by atoms with Gasteiger partial charge in [-0.05, 0) is 67.6 Å². The first-order valence-electron chi connectivity index (χ1n) is 11.9. The van der Waals surface area contributed by atoms with E-state index in [1.165, 1.54) is 0 Å². The van der Waals surface area contributed by atoms with E-state index in [0.29, 0.717) is 22.0 Å². The largest absolute Gasteiger partial charge is 0.497 e. The summed E-state index contributed by atoms with van der Waals surface area (Å²) in [4.78, 5) is 26.4. The van der Waals surface area contributed by atoms with E-state index in [4.69, 9.17) is 16.3 Å². The predicted octanol–water partition coefficient (Wildman–Crippen LogP) is 5.66. The molecule has 0 atom stereocenters. The number of likely N-dealkylation sites (N-methyl/N-ethyl adjacent to an activating group) is 1. The molecule has 2 aromatic heterocycles. The lowest BCUT2D eigenvalue weighted by molar-refractivity contribution is 0.101. The van der Waals surface area contributed by atoms with Gasteiger partial charge in [-0.1, -0.05) is 17.7 Å². The minimum absolute atomic E-state index is 0.0660. The molecule has 1 saturated heterocycles. The molecule has 2 aromatic carbocycles. The zero-order valence-electron chi connectivity index (χ0n) is 20.6. The zero-order chi connectivity index (χ0) is 25.2. The van der Waals surface area contributed by atoms with Gasteiger partial charge >= 0.3 is 0 Å². The van der Waals surface area contributed by atoms with Gasteiger partial charge in [-0.25, -0.2) is 4.98 Å². The number of nitrogens with zero attached hydrogens (tertiary/aromatic N) is 4. The highest BCUT2D eigenvalue weighted by molar-refractivity contribution is 6.31. The van der Waals surface area contributed by atoms with Crippen molar-refractivity contribution in [2.24, 2.45) is 0 Å². The van der Waals surface area contributed by atoms with Crippen LogP contribution in [-0.2, 0) is 0 Å². The highest BCUT2D eigenvalue weighted by Crippen LogP contribution is 2.35. The maximum Gasteiger partial charge on any atom is 0.163 e. The second kappa shape index (κ2) is 10.1. The number of carbonyl (C=O) groups excluding carboxylic acids is 1. The van der Waals surface area contributed by atoms with Gasteiger partial charge in [-0.3, -0.25) is 9.78 Å². The predicted molar refractivity (Wildman–Crippen MR) is 146 cm³/mol. The fraction of sp³-hybridized carbons (Fsp3) is 0.250. The average molecular weight is 502 g/mol. The number of halogens is 1. The van der Waals surface area contributed by atoms with Crippen molar-refractivity contribution in [1.29, 1.82) is 0 Å². The maximum atomic E-state index is 12.5. The number of hydrogen-bond acceptors (Lipinski definition) is 7. The SMILES string of the molecule is COc1cc(Cl)cc(-c2ccc3ncc(C(C)=O)c(Nc4ccc(N5CCN(C)CC5)nc4)c3c2)c1. The van der Waals surface area contributed by atoms with Crippen LogP contribution >= 0.6 is 11.6 Å². The molecule has 0 unspecified atom stereocenters. The Morgan fingerprint density at radius 3 is 2.47 bits per heavy atom. The molecule has 7 nitrogen and oxygen atoms in total. The Hall–Kier alpha value is -3.68. The van der Waals surface area contributed by atoms with E-state index >= 15 is 0 Å². The van der Waals surface area contributed by atoms with Gasteiger partial charge in [0.05, 0.1) is 35.8 Å². The molecule has 1 aliphatic rings. The first-order valence-corrected chi connectivity index (χ1v) is 12.2. The number of aromatic nitrogens is 2. The number of carbonyl (C=O) groups is 1. The number of pyridine rings is 2. The van der Waals surface area contributed by atoms with Crippen molar-refractivity contribution in [3.8, 4) is 16.9 Å². The lowest BCUT2D eigenvalue weighted by Crippen LogP contribution is -2.44. The third-order valence-electron chi connectivity index (χ3n) is 6.53. The molecule has 184 valence electrons. The summed E-state index contributed by atoms with van der Waals surface area (Å²) in [6.45, 7) is 5.50. The fourth-order valence-corrected chi connectivity index (χ4v) is 4.67. The van der Waals surface area contributed by atoms with E-state index in [0.717, 1.165) is 59.7 Å². The molecule has 36 heavy (non-hydrogen) atoms. The fourth-order valence-electron chi connectivity index (χ4n) is 4.45. The monoisotopic (exact) mass is 501 g/mol. The van der Waals surface area contributed by atoms with E-state index in [-0.39, 0.29) is 5.78 Å². The topological polar surface area (TPSA) is 70.6 Å². The van der Waals surface area contributed by atoms with Gasteiger partial charge in [0.15, 0.2) is 5.78 Å². The van der Waals surface area contributed by atoms with Crippen LogP contribution in [0.25, 0.3) is 22.0 Å². The molecule has 0 bridgehead atoms. The molecule has 0 saturated carbocycles. The number of fused-ring (bicyclic) bond motifs is 1. The van der Waals surface area contributed by atoms with Crippen molar-refractivity contribution in [3.05, 3.63) is 71.5 Å². The number of methoxy groups -OCH3 is 1. The van der Waals surface area contributed by atoms with Crippen LogP contribution < -0.4 is 15.0 Å². The van der Waals surface area contributed by atoms with Crippen LogP contribution in [-0.4, -0.2) is 61.0 Å². The summed E-state index contributed by atoms with van der Waals surface area (Å²) in [5.41, 5.74) is 4.67. The van der Waals surface area contributed by atoms with Gasteiger partial charge in [-0.15, -0.1) is 0 Å². The van der Waals surface area contributed by atoms with Crippen LogP contribution in [0, 0.1) is 0 Å².